The summed E-state index contributed by atoms with van der Waals surface area (Å²) in [6, 6.07) is 8.34. The predicted molar refractivity (Wildman–Crippen MR) is 49.0 cm³/mol. The lowest BCUT2D eigenvalue weighted by atomic mass is 10.3. The van der Waals surface area contributed by atoms with Crippen molar-refractivity contribution in [1.82, 2.24) is 0 Å². The first-order valence-electron chi connectivity index (χ1n) is 4.13. The Bertz CT molecular complexity index is 248. The van der Waals surface area contributed by atoms with E-state index in [1.807, 2.05) is 19.1 Å². The molecule has 0 unspecified atom stereocenters. The molecule has 0 N–H and O–H groups in total. The fourth-order valence-corrected chi connectivity index (χ4v) is 0.864. The molecule has 0 amide bonds. The summed E-state index contributed by atoms with van der Waals surface area (Å²) in [6.07, 6.45) is 0. The SMILES string of the molecule is CCOCOc1[c]cccc1OC. The molecule has 0 heterocycles. The second kappa shape index (κ2) is 5.43. The van der Waals surface area contributed by atoms with E-state index in [0.29, 0.717) is 18.1 Å². The summed E-state index contributed by atoms with van der Waals surface area (Å²) >= 11 is 0. The first-order valence-corrected chi connectivity index (χ1v) is 4.13. The summed E-state index contributed by atoms with van der Waals surface area (Å²) in [5.74, 6) is 1.25. The number of hydrogen-bond donors (Lipinski definition) is 0. The highest BCUT2D eigenvalue weighted by Crippen LogP contribution is 2.24. The van der Waals surface area contributed by atoms with Crippen molar-refractivity contribution in [3.05, 3.63) is 24.3 Å². The summed E-state index contributed by atoms with van der Waals surface area (Å²) in [5, 5.41) is 0. The van der Waals surface area contributed by atoms with Crippen molar-refractivity contribution >= 4 is 0 Å². The van der Waals surface area contributed by atoms with Gasteiger partial charge in [0.25, 0.3) is 0 Å². The van der Waals surface area contributed by atoms with Crippen LogP contribution in [0.15, 0.2) is 18.2 Å². The molecule has 1 rings (SSSR count). The molecule has 3 heteroatoms. The first-order chi connectivity index (χ1) is 6.38. The van der Waals surface area contributed by atoms with Gasteiger partial charge in [-0.25, -0.2) is 0 Å². The molecule has 0 aromatic heterocycles. The fraction of sp³-hybridized carbons (Fsp3) is 0.400. The van der Waals surface area contributed by atoms with E-state index in [4.69, 9.17) is 14.2 Å². The third-order valence-electron chi connectivity index (χ3n) is 1.49. The van der Waals surface area contributed by atoms with E-state index in [-0.39, 0.29) is 6.79 Å². The van der Waals surface area contributed by atoms with E-state index in [9.17, 15) is 0 Å². The van der Waals surface area contributed by atoms with Crippen molar-refractivity contribution in [2.24, 2.45) is 0 Å². The van der Waals surface area contributed by atoms with Gasteiger partial charge in [0, 0.05) is 12.7 Å². The number of rotatable bonds is 5. The predicted octanol–water partition coefficient (Wildman–Crippen LogP) is 1.87. The molecular weight excluding hydrogens is 168 g/mol. The highest BCUT2D eigenvalue weighted by atomic mass is 16.7. The van der Waals surface area contributed by atoms with E-state index in [1.54, 1.807) is 13.2 Å². The topological polar surface area (TPSA) is 27.7 Å². The van der Waals surface area contributed by atoms with Crippen LogP contribution in [0.25, 0.3) is 0 Å². The maximum Gasteiger partial charge on any atom is 0.189 e. The highest BCUT2D eigenvalue weighted by Gasteiger charge is 2.01. The van der Waals surface area contributed by atoms with Crippen LogP contribution >= 0.6 is 0 Å². The van der Waals surface area contributed by atoms with Crippen LogP contribution in [0.3, 0.4) is 0 Å². The molecule has 71 valence electrons. The van der Waals surface area contributed by atoms with Gasteiger partial charge < -0.3 is 14.2 Å². The van der Waals surface area contributed by atoms with Crippen molar-refractivity contribution in [3.8, 4) is 11.5 Å². The summed E-state index contributed by atoms with van der Waals surface area (Å²) < 4.78 is 15.4. The van der Waals surface area contributed by atoms with Gasteiger partial charge in [-0.1, -0.05) is 12.1 Å². The Balaban J connectivity index is 2.54. The van der Waals surface area contributed by atoms with Crippen LogP contribution in [-0.4, -0.2) is 20.5 Å². The maximum absolute atomic E-state index is 5.27. The average molecular weight is 181 g/mol. The first kappa shape index (κ1) is 9.86. The minimum absolute atomic E-state index is 0.230. The number of ether oxygens (including phenoxy) is 3. The van der Waals surface area contributed by atoms with E-state index in [1.165, 1.54) is 0 Å². The summed E-state index contributed by atoms with van der Waals surface area (Å²) in [4.78, 5) is 0. The van der Waals surface area contributed by atoms with Crippen molar-refractivity contribution in [3.63, 3.8) is 0 Å². The molecule has 0 aliphatic rings. The molecule has 0 saturated heterocycles. The van der Waals surface area contributed by atoms with Gasteiger partial charge in [-0.3, -0.25) is 0 Å². The lowest BCUT2D eigenvalue weighted by Gasteiger charge is -2.08. The molecule has 1 aromatic carbocycles. The zero-order chi connectivity index (χ0) is 9.52. The Morgan fingerprint density at radius 3 is 3.00 bits per heavy atom. The Morgan fingerprint density at radius 2 is 2.31 bits per heavy atom. The molecule has 0 aliphatic heterocycles. The van der Waals surface area contributed by atoms with E-state index in [2.05, 4.69) is 6.07 Å². The minimum atomic E-state index is 0.230. The molecule has 0 saturated carbocycles. The smallest absolute Gasteiger partial charge is 0.189 e. The quantitative estimate of drug-likeness (QED) is 0.512. The Hall–Kier alpha value is -1.22. The van der Waals surface area contributed by atoms with Crippen LogP contribution in [-0.2, 0) is 4.74 Å². The van der Waals surface area contributed by atoms with Gasteiger partial charge in [0.2, 0.25) is 0 Å². The maximum atomic E-state index is 5.27. The summed E-state index contributed by atoms with van der Waals surface area (Å²) in [5.41, 5.74) is 0. The molecule has 0 atom stereocenters. The summed E-state index contributed by atoms with van der Waals surface area (Å²) in [6.45, 7) is 2.78. The van der Waals surface area contributed by atoms with E-state index >= 15 is 0 Å². The van der Waals surface area contributed by atoms with E-state index < -0.39 is 0 Å². The molecule has 3 nitrogen and oxygen atoms in total. The van der Waals surface area contributed by atoms with E-state index in [0.717, 1.165) is 0 Å². The zero-order valence-corrected chi connectivity index (χ0v) is 7.87. The minimum Gasteiger partial charge on any atom is -0.493 e. The average Bonchev–Trinajstić information content (AvgIpc) is 2.19. The molecule has 0 spiro atoms. The Kier molecular flexibility index (Phi) is 4.12. The lowest BCUT2D eigenvalue weighted by Crippen LogP contribution is -2.03. The molecule has 13 heavy (non-hydrogen) atoms. The standard InChI is InChI=1S/C10H13O3/c1-3-12-8-13-10-7-5-4-6-9(10)11-2/h4-6H,3,8H2,1-2H3. The second-order valence-electron chi connectivity index (χ2n) is 2.32. The molecule has 1 aromatic rings. The van der Waals surface area contributed by atoms with Gasteiger partial charge >= 0.3 is 0 Å². The number of para-hydroxylation sites is 1. The van der Waals surface area contributed by atoms with Crippen LogP contribution in [0.1, 0.15) is 6.92 Å². The molecule has 0 aliphatic carbocycles. The van der Waals surface area contributed by atoms with Crippen molar-refractivity contribution < 1.29 is 14.2 Å². The second-order valence-corrected chi connectivity index (χ2v) is 2.32. The van der Waals surface area contributed by atoms with Gasteiger partial charge in [0.15, 0.2) is 18.3 Å². The van der Waals surface area contributed by atoms with Gasteiger partial charge in [0.1, 0.15) is 0 Å². The van der Waals surface area contributed by atoms with Crippen molar-refractivity contribution in [2.75, 3.05) is 20.5 Å². The Morgan fingerprint density at radius 1 is 1.46 bits per heavy atom. The van der Waals surface area contributed by atoms with Gasteiger partial charge in [-0.05, 0) is 13.0 Å². The largest absolute Gasteiger partial charge is 0.493 e. The van der Waals surface area contributed by atoms with Crippen LogP contribution < -0.4 is 9.47 Å². The summed E-state index contributed by atoms with van der Waals surface area (Å²) in [7, 11) is 1.59. The number of hydrogen-bond acceptors (Lipinski definition) is 3. The molecule has 1 radical (unpaired) electrons. The van der Waals surface area contributed by atoms with Crippen molar-refractivity contribution in [2.45, 2.75) is 6.92 Å². The van der Waals surface area contributed by atoms with Crippen LogP contribution in [0.4, 0.5) is 0 Å². The van der Waals surface area contributed by atoms with Gasteiger partial charge in [0.05, 0.1) is 7.11 Å². The molecule has 0 fully saturated rings. The third-order valence-corrected chi connectivity index (χ3v) is 1.49. The highest BCUT2D eigenvalue weighted by molar-refractivity contribution is 5.38. The monoisotopic (exact) mass is 181 g/mol. The van der Waals surface area contributed by atoms with Crippen LogP contribution in [0.2, 0.25) is 0 Å². The Labute approximate surface area is 78.2 Å². The van der Waals surface area contributed by atoms with Crippen LogP contribution in [0, 0.1) is 6.07 Å². The molecule has 0 bridgehead atoms. The van der Waals surface area contributed by atoms with Gasteiger partial charge in [-0.2, -0.15) is 0 Å². The lowest BCUT2D eigenvalue weighted by molar-refractivity contribution is 0.0207. The zero-order valence-electron chi connectivity index (χ0n) is 7.87. The number of methoxy groups -OCH3 is 1. The van der Waals surface area contributed by atoms with Crippen LogP contribution in [0.5, 0.6) is 11.5 Å². The van der Waals surface area contributed by atoms with Crippen molar-refractivity contribution in [1.29, 1.82) is 0 Å². The third kappa shape index (κ3) is 2.95. The normalized spacial score (nSPS) is 9.69. The van der Waals surface area contributed by atoms with Gasteiger partial charge in [-0.15, -0.1) is 0 Å². The molecular formula is C10H13O3. The number of benzene rings is 1. The fourth-order valence-electron chi connectivity index (χ4n) is 0.864.